The molecule has 0 bridgehead atoms. The van der Waals surface area contributed by atoms with E-state index < -0.39 is 0 Å². The van der Waals surface area contributed by atoms with E-state index in [0.717, 1.165) is 21.9 Å². The van der Waals surface area contributed by atoms with Crippen molar-refractivity contribution in [1.82, 2.24) is 14.5 Å². The summed E-state index contributed by atoms with van der Waals surface area (Å²) in [4.78, 5) is 7.65. The van der Waals surface area contributed by atoms with Crippen LogP contribution < -0.4 is 0 Å². The maximum Gasteiger partial charge on any atom is 0.179 e. The Labute approximate surface area is 116 Å². The molecule has 0 amide bonds. The van der Waals surface area contributed by atoms with Gasteiger partial charge in [-0.2, -0.15) is 0 Å². The number of hydrogen-bond acceptors (Lipinski definition) is 2. The Balaban J connectivity index is 2.17. The Hall–Kier alpha value is -0.870. The van der Waals surface area contributed by atoms with E-state index in [4.69, 9.17) is 23.8 Å². The molecule has 1 aliphatic rings. The first-order chi connectivity index (χ1) is 8.58. The van der Waals surface area contributed by atoms with Crippen LogP contribution in [0, 0.1) is 16.6 Å². The predicted octanol–water partition coefficient (Wildman–Crippen LogP) is 4.35. The molecule has 5 heteroatoms. The van der Waals surface area contributed by atoms with Crippen LogP contribution in [0.4, 0.5) is 0 Å². The van der Waals surface area contributed by atoms with E-state index in [1.54, 1.807) is 6.20 Å². The third-order valence-corrected chi connectivity index (χ3v) is 4.78. The Morgan fingerprint density at radius 2 is 2.22 bits per heavy atom. The van der Waals surface area contributed by atoms with Gasteiger partial charge in [-0.15, -0.1) is 0 Å². The zero-order valence-electron chi connectivity index (χ0n) is 10.5. The van der Waals surface area contributed by atoms with E-state index in [-0.39, 0.29) is 0 Å². The first-order valence-corrected chi connectivity index (χ1v) is 7.12. The number of halogens is 1. The summed E-state index contributed by atoms with van der Waals surface area (Å²) in [5.74, 6) is 1.38. The van der Waals surface area contributed by atoms with Gasteiger partial charge in [0, 0.05) is 12.2 Å². The molecule has 18 heavy (non-hydrogen) atoms. The van der Waals surface area contributed by atoms with Gasteiger partial charge in [-0.25, -0.2) is 4.98 Å². The summed E-state index contributed by atoms with van der Waals surface area (Å²) in [5, 5.41) is 0.638. The number of fused-ring (bicyclic) bond motifs is 1. The fourth-order valence-corrected chi connectivity index (χ4v) is 3.49. The fourth-order valence-electron chi connectivity index (χ4n) is 3.00. The first kappa shape index (κ1) is 12.2. The molecule has 2 heterocycles. The largest absolute Gasteiger partial charge is 0.329 e. The molecular formula is C13H16ClN3S. The van der Waals surface area contributed by atoms with Crippen LogP contribution in [0.2, 0.25) is 5.02 Å². The van der Waals surface area contributed by atoms with E-state index in [9.17, 15) is 0 Å². The van der Waals surface area contributed by atoms with E-state index in [0.29, 0.717) is 17.0 Å². The van der Waals surface area contributed by atoms with Crippen LogP contribution in [0.1, 0.15) is 32.7 Å². The molecule has 0 aromatic carbocycles. The summed E-state index contributed by atoms with van der Waals surface area (Å²) in [6.45, 7) is 4.62. The van der Waals surface area contributed by atoms with E-state index in [1.165, 1.54) is 12.8 Å². The van der Waals surface area contributed by atoms with Crippen LogP contribution in [0.3, 0.4) is 0 Å². The van der Waals surface area contributed by atoms with E-state index in [2.05, 4.69) is 28.4 Å². The second-order valence-electron chi connectivity index (χ2n) is 5.31. The summed E-state index contributed by atoms with van der Waals surface area (Å²) < 4.78 is 2.93. The van der Waals surface area contributed by atoms with Gasteiger partial charge in [0.05, 0.1) is 10.5 Å². The number of imidazole rings is 1. The van der Waals surface area contributed by atoms with Crippen molar-refractivity contribution in [2.24, 2.45) is 11.8 Å². The number of aromatic nitrogens is 3. The third kappa shape index (κ3) is 1.79. The van der Waals surface area contributed by atoms with Crippen LogP contribution in [-0.4, -0.2) is 14.5 Å². The number of H-pyrrole nitrogens is 1. The second-order valence-corrected chi connectivity index (χ2v) is 6.13. The molecule has 1 fully saturated rings. The van der Waals surface area contributed by atoms with Gasteiger partial charge in [-0.3, -0.25) is 4.57 Å². The molecule has 0 aliphatic heterocycles. The summed E-state index contributed by atoms with van der Waals surface area (Å²) in [5.41, 5.74) is 1.86. The molecule has 3 nitrogen and oxygen atoms in total. The van der Waals surface area contributed by atoms with Crippen molar-refractivity contribution >= 4 is 35.0 Å². The smallest absolute Gasteiger partial charge is 0.179 e. The number of pyridine rings is 1. The van der Waals surface area contributed by atoms with Gasteiger partial charge in [-0.05, 0) is 43.0 Å². The standard InChI is InChI=1S/C13H16ClN3S/c1-7-3-4-11(8(7)2)17-12-10(16-13(17)18)5-9(14)6-15-12/h5-8,11H,3-4H2,1-2H3,(H,16,18). The number of rotatable bonds is 1. The highest BCUT2D eigenvalue weighted by molar-refractivity contribution is 7.71. The predicted molar refractivity (Wildman–Crippen MR) is 76.5 cm³/mol. The Kier molecular flexibility index (Phi) is 2.94. The first-order valence-electron chi connectivity index (χ1n) is 6.33. The Bertz CT molecular complexity index is 645. The van der Waals surface area contributed by atoms with Crippen molar-refractivity contribution in [2.45, 2.75) is 32.7 Å². The monoisotopic (exact) mass is 281 g/mol. The van der Waals surface area contributed by atoms with Crippen molar-refractivity contribution in [3.05, 3.63) is 22.1 Å². The van der Waals surface area contributed by atoms with Gasteiger partial charge in [0.15, 0.2) is 10.4 Å². The van der Waals surface area contributed by atoms with Crippen LogP contribution in [0.25, 0.3) is 11.2 Å². The zero-order valence-corrected chi connectivity index (χ0v) is 12.1. The molecule has 0 spiro atoms. The van der Waals surface area contributed by atoms with Gasteiger partial charge in [-0.1, -0.05) is 25.4 Å². The fraction of sp³-hybridized carbons (Fsp3) is 0.538. The number of nitrogens with zero attached hydrogens (tertiary/aromatic N) is 2. The van der Waals surface area contributed by atoms with Gasteiger partial charge in [0.2, 0.25) is 0 Å². The maximum absolute atomic E-state index is 5.97. The third-order valence-electron chi connectivity index (χ3n) is 4.28. The van der Waals surface area contributed by atoms with Crippen molar-refractivity contribution in [3.63, 3.8) is 0 Å². The minimum Gasteiger partial charge on any atom is -0.329 e. The Morgan fingerprint density at radius 1 is 1.44 bits per heavy atom. The topological polar surface area (TPSA) is 33.6 Å². The average molecular weight is 282 g/mol. The summed E-state index contributed by atoms with van der Waals surface area (Å²) >= 11 is 11.4. The lowest BCUT2D eigenvalue weighted by Crippen LogP contribution is -2.15. The van der Waals surface area contributed by atoms with Crippen LogP contribution in [0.15, 0.2) is 12.3 Å². The number of aromatic amines is 1. The molecule has 1 aliphatic carbocycles. The molecule has 0 saturated heterocycles. The molecule has 2 aromatic heterocycles. The molecule has 1 N–H and O–H groups in total. The molecule has 2 aromatic rings. The minimum atomic E-state index is 0.454. The molecular weight excluding hydrogens is 266 g/mol. The van der Waals surface area contributed by atoms with Crippen LogP contribution in [0.5, 0.6) is 0 Å². The lowest BCUT2D eigenvalue weighted by Gasteiger charge is -2.20. The SMILES string of the molecule is CC1CCC(n2c(=S)[nH]c3cc(Cl)cnc32)C1C. The average Bonchev–Trinajstić information content (AvgIpc) is 2.80. The lowest BCUT2D eigenvalue weighted by atomic mass is 9.98. The number of hydrogen-bond donors (Lipinski definition) is 1. The second kappa shape index (κ2) is 4.35. The van der Waals surface area contributed by atoms with Crippen molar-refractivity contribution in [1.29, 1.82) is 0 Å². The quantitative estimate of drug-likeness (QED) is 0.788. The molecule has 3 unspecified atom stereocenters. The highest BCUT2D eigenvalue weighted by Gasteiger charge is 2.32. The van der Waals surface area contributed by atoms with Crippen molar-refractivity contribution < 1.29 is 0 Å². The van der Waals surface area contributed by atoms with Gasteiger partial charge in [0.25, 0.3) is 0 Å². The zero-order chi connectivity index (χ0) is 12.9. The number of nitrogens with one attached hydrogen (secondary N) is 1. The molecule has 3 rings (SSSR count). The van der Waals surface area contributed by atoms with Gasteiger partial charge >= 0.3 is 0 Å². The molecule has 96 valence electrons. The lowest BCUT2D eigenvalue weighted by molar-refractivity contribution is 0.355. The van der Waals surface area contributed by atoms with Gasteiger partial charge in [0.1, 0.15) is 0 Å². The maximum atomic E-state index is 5.97. The highest BCUT2D eigenvalue weighted by atomic mass is 35.5. The molecule has 3 atom stereocenters. The summed E-state index contributed by atoms with van der Waals surface area (Å²) in [6.07, 6.45) is 4.12. The normalized spacial score (nSPS) is 28.1. The van der Waals surface area contributed by atoms with Crippen LogP contribution in [-0.2, 0) is 0 Å². The van der Waals surface area contributed by atoms with E-state index in [1.807, 2.05) is 6.07 Å². The molecule has 1 saturated carbocycles. The van der Waals surface area contributed by atoms with Crippen molar-refractivity contribution in [2.75, 3.05) is 0 Å². The van der Waals surface area contributed by atoms with Gasteiger partial charge < -0.3 is 4.98 Å². The highest BCUT2D eigenvalue weighted by Crippen LogP contribution is 2.41. The Morgan fingerprint density at radius 3 is 2.89 bits per heavy atom. The summed E-state index contributed by atoms with van der Waals surface area (Å²) in [7, 11) is 0. The summed E-state index contributed by atoms with van der Waals surface area (Å²) in [6, 6.07) is 2.34. The van der Waals surface area contributed by atoms with Crippen molar-refractivity contribution in [3.8, 4) is 0 Å². The van der Waals surface area contributed by atoms with E-state index >= 15 is 0 Å². The van der Waals surface area contributed by atoms with Crippen LogP contribution >= 0.6 is 23.8 Å². The minimum absolute atomic E-state index is 0.454. The molecule has 0 radical (unpaired) electrons.